The van der Waals surface area contributed by atoms with E-state index in [4.69, 9.17) is 5.73 Å². The number of nitrogens with one attached hydrogen (secondary N) is 1. The second-order valence-corrected chi connectivity index (χ2v) is 5.47. The van der Waals surface area contributed by atoms with E-state index >= 15 is 0 Å². The Morgan fingerprint density at radius 2 is 1.67 bits per heavy atom. The number of hydrogen-bond donors (Lipinski definition) is 2. The number of anilines is 1. The first-order valence-electron chi connectivity index (χ1n) is 7.30. The second-order valence-electron chi connectivity index (χ2n) is 5.47. The molecule has 0 aromatic heterocycles. The Bertz CT molecular complexity index is 586. The molecule has 3 heteroatoms. The number of benzene rings is 2. The van der Waals surface area contributed by atoms with Gasteiger partial charge in [-0.2, -0.15) is 0 Å². The Balaban J connectivity index is 2.03. The lowest BCUT2D eigenvalue weighted by Crippen LogP contribution is -2.12. The summed E-state index contributed by atoms with van der Waals surface area (Å²) in [5.41, 5.74) is 9.40. The zero-order valence-electron chi connectivity index (χ0n) is 12.6. The van der Waals surface area contributed by atoms with Gasteiger partial charge in [0.2, 0.25) is 0 Å². The zero-order chi connectivity index (χ0) is 15.2. The third-order valence-electron chi connectivity index (χ3n) is 3.48. The monoisotopic (exact) mass is 282 g/mol. The van der Waals surface area contributed by atoms with Crippen LogP contribution in [0.1, 0.15) is 41.3 Å². The number of carbonyl (C=O) groups is 1. The Morgan fingerprint density at radius 3 is 2.19 bits per heavy atom. The molecule has 0 saturated heterocycles. The van der Waals surface area contributed by atoms with Gasteiger partial charge in [0.05, 0.1) is 0 Å². The van der Waals surface area contributed by atoms with E-state index in [0.29, 0.717) is 18.0 Å². The van der Waals surface area contributed by atoms with Crippen molar-refractivity contribution in [1.82, 2.24) is 0 Å². The fourth-order valence-corrected chi connectivity index (χ4v) is 2.14. The quantitative estimate of drug-likeness (QED) is 0.881. The van der Waals surface area contributed by atoms with Crippen LogP contribution in [-0.2, 0) is 6.42 Å². The molecule has 0 fully saturated rings. The number of hydrogen-bond acceptors (Lipinski definition) is 2. The van der Waals surface area contributed by atoms with Gasteiger partial charge in [-0.05, 0) is 54.3 Å². The fourth-order valence-electron chi connectivity index (χ4n) is 2.14. The van der Waals surface area contributed by atoms with Crippen LogP contribution >= 0.6 is 0 Å². The predicted molar refractivity (Wildman–Crippen MR) is 87.7 cm³/mol. The number of rotatable bonds is 5. The third-order valence-corrected chi connectivity index (χ3v) is 3.48. The highest BCUT2D eigenvalue weighted by atomic mass is 16.1. The summed E-state index contributed by atoms with van der Waals surface area (Å²) >= 11 is 0. The van der Waals surface area contributed by atoms with Gasteiger partial charge < -0.3 is 11.1 Å². The van der Waals surface area contributed by atoms with Gasteiger partial charge in [-0.1, -0.05) is 38.1 Å². The molecule has 0 spiro atoms. The predicted octanol–water partition coefficient (Wildman–Crippen LogP) is 3.56. The van der Waals surface area contributed by atoms with Gasteiger partial charge in [0.25, 0.3) is 5.91 Å². The SMILES string of the molecule is CC(C)c1ccc(C(=O)Nc2ccc(CCN)cc2)cc1. The molecule has 110 valence electrons. The average molecular weight is 282 g/mol. The minimum absolute atomic E-state index is 0.0862. The van der Waals surface area contributed by atoms with Crippen LogP contribution in [0.4, 0.5) is 5.69 Å². The largest absolute Gasteiger partial charge is 0.330 e. The highest BCUT2D eigenvalue weighted by Gasteiger charge is 2.07. The molecule has 0 unspecified atom stereocenters. The molecule has 0 aliphatic heterocycles. The maximum Gasteiger partial charge on any atom is 0.255 e. The molecule has 3 nitrogen and oxygen atoms in total. The minimum atomic E-state index is -0.0862. The van der Waals surface area contributed by atoms with E-state index in [1.807, 2.05) is 48.5 Å². The first-order valence-corrected chi connectivity index (χ1v) is 7.30. The second kappa shape index (κ2) is 7.04. The molecular weight excluding hydrogens is 260 g/mol. The van der Waals surface area contributed by atoms with Gasteiger partial charge in [-0.15, -0.1) is 0 Å². The first-order chi connectivity index (χ1) is 10.1. The Labute approximate surface area is 126 Å². The summed E-state index contributed by atoms with van der Waals surface area (Å²) in [4.78, 5) is 12.2. The van der Waals surface area contributed by atoms with Crippen molar-refractivity contribution in [3.8, 4) is 0 Å². The van der Waals surface area contributed by atoms with E-state index in [2.05, 4.69) is 19.2 Å². The standard InChI is InChI=1S/C18H22N2O/c1-13(2)15-5-7-16(8-6-15)18(21)20-17-9-3-14(4-10-17)11-12-19/h3-10,13H,11-12,19H2,1-2H3,(H,20,21). The molecule has 0 atom stereocenters. The summed E-state index contributed by atoms with van der Waals surface area (Å²) in [5.74, 6) is 0.383. The molecule has 2 aromatic carbocycles. The summed E-state index contributed by atoms with van der Waals surface area (Å²) in [6.45, 7) is 4.91. The fraction of sp³-hybridized carbons (Fsp3) is 0.278. The lowest BCUT2D eigenvalue weighted by Gasteiger charge is -2.08. The van der Waals surface area contributed by atoms with Crippen LogP contribution < -0.4 is 11.1 Å². The van der Waals surface area contributed by atoms with E-state index < -0.39 is 0 Å². The molecule has 0 bridgehead atoms. The number of nitrogens with two attached hydrogens (primary N) is 1. The van der Waals surface area contributed by atoms with Crippen LogP contribution in [-0.4, -0.2) is 12.5 Å². The van der Waals surface area contributed by atoms with Gasteiger partial charge in [0.1, 0.15) is 0 Å². The van der Waals surface area contributed by atoms with Gasteiger partial charge >= 0.3 is 0 Å². The topological polar surface area (TPSA) is 55.1 Å². The van der Waals surface area contributed by atoms with Crippen LogP contribution in [0, 0.1) is 0 Å². The summed E-state index contributed by atoms with van der Waals surface area (Å²) in [5, 5.41) is 2.91. The molecule has 0 heterocycles. The average Bonchev–Trinajstić information content (AvgIpc) is 2.49. The number of amides is 1. The van der Waals surface area contributed by atoms with Crippen molar-refractivity contribution >= 4 is 11.6 Å². The highest BCUT2D eigenvalue weighted by molar-refractivity contribution is 6.04. The van der Waals surface area contributed by atoms with E-state index in [0.717, 1.165) is 12.1 Å². The van der Waals surface area contributed by atoms with Crippen LogP contribution in [0.3, 0.4) is 0 Å². The van der Waals surface area contributed by atoms with Crippen molar-refractivity contribution in [3.05, 3.63) is 65.2 Å². The molecule has 1 amide bonds. The van der Waals surface area contributed by atoms with Gasteiger partial charge in [0.15, 0.2) is 0 Å². The molecule has 2 aromatic rings. The van der Waals surface area contributed by atoms with Crippen molar-refractivity contribution < 1.29 is 4.79 Å². The van der Waals surface area contributed by atoms with E-state index in [9.17, 15) is 4.79 Å². The van der Waals surface area contributed by atoms with E-state index in [1.165, 1.54) is 11.1 Å². The van der Waals surface area contributed by atoms with Crippen molar-refractivity contribution in [3.63, 3.8) is 0 Å². The molecule has 0 radical (unpaired) electrons. The molecule has 3 N–H and O–H groups in total. The lowest BCUT2D eigenvalue weighted by molar-refractivity contribution is 0.102. The van der Waals surface area contributed by atoms with E-state index in [1.54, 1.807) is 0 Å². The third kappa shape index (κ3) is 4.17. The minimum Gasteiger partial charge on any atom is -0.330 e. The summed E-state index contributed by atoms with van der Waals surface area (Å²) in [6, 6.07) is 15.5. The number of carbonyl (C=O) groups excluding carboxylic acids is 1. The van der Waals surface area contributed by atoms with Gasteiger partial charge in [0, 0.05) is 11.3 Å². The van der Waals surface area contributed by atoms with Crippen LogP contribution in [0.2, 0.25) is 0 Å². The van der Waals surface area contributed by atoms with Crippen molar-refractivity contribution in [2.45, 2.75) is 26.2 Å². The van der Waals surface area contributed by atoms with Crippen molar-refractivity contribution in [2.24, 2.45) is 5.73 Å². The zero-order valence-corrected chi connectivity index (χ0v) is 12.6. The highest BCUT2D eigenvalue weighted by Crippen LogP contribution is 2.16. The molecule has 0 aliphatic carbocycles. The van der Waals surface area contributed by atoms with Crippen LogP contribution in [0.15, 0.2) is 48.5 Å². The van der Waals surface area contributed by atoms with E-state index in [-0.39, 0.29) is 5.91 Å². The van der Waals surface area contributed by atoms with Crippen LogP contribution in [0.25, 0.3) is 0 Å². The summed E-state index contributed by atoms with van der Waals surface area (Å²) < 4.78 is 0. The maximum atomic E-state index is 12.2. The Morgan fingerprint density at radius 1 is 1.05 bits per heavy atom. The van der Waals surface area contributed by atoms with Crippen molar-refractivity contribution in [1.29, 1.82) is 0 Å². The molecular formula is C18H22N2O. The molecule has 0 saturated carbocycles. The van der Waals surface area contributed by atoms with Crippen molar-refractivity contribution in [2.75, 3.05) is 11.9 Å². The van der Waals surface area contributed by atoms with Crippen LogP contribution in [0.5, 0.6) is 0 Å². The molecule has 21 heavy (non-hydrogen) atoms. The molecule has 0 aliphatic rings. The summed E-state index contributed by atoms with van der Waals surface area (Å²) in [7, 11) is 0. The Kier molecular flexibility index (Phi) is 5.12. The maximum absolute atomic E-state index is 12.2. The van der Waals surface area contributed by atoms with Gasteiger partial charge in [-0.3, -0.25) is 4.79 Å². The lowest BCUT2D eigenvalue weighted by atomic mass is 10.0. The van der Waals surface area contributed by atoms with Gasteiger partial charge in [-0.25, -0.2) is 0 Å². The molecule has 2 rings (SSSR count). The first kappa shape index (κ1) is 15.3. The normalized spacial score (nSPS) is 10.7. The Hall–Kier alpha value is -2.13. The summed E-state index contributed by atoms with van der Waals surface area (Å²) in [6.07, 6.45) is 0.852. The smallest absolute Gasteiger partial charge is 0.255 e.